The third-order valence-corrected chi connectivity index (χ3v) is 5.77. The summed E-state index contributed by atoms with van der Waals surface area (Å²) in [7, 11) is 4.04. The number of nitrogen functional groups attached to an aromatic ring is 1. The molecule has 2 aliphatic carbocycles. The number of aromatic nitrogens is 2. The Kier molecular flexibility index (Phi) is 3.79. The predicted octanol–water partition coefficient (Wildman–Crippen LogP) is 1.67. The maximum absolute atomic E-state index is 7.51. The SMILES string of the molecule is CNSC1CC2(C1)CC(N(C)c1ncnc(N)c1C=N)C2. The van der Waals surface area contributed by atoms with Crippen molar-refractivity contribution >= 4 is 29.8 Å². The van der Waals surface area contributed by atoms with Crippen molar-refractivity contribution in [2.45, 2.75) is 37.0 Å². The molecule has 4 N–H and O–H groups in total. The maximum atomic E-state index is 7.51. The van der Waals surface area contributed by atoms with Crippen LogP contribution in [0.3, 0.4) is 0 Å². The number of rotatable bonds is 5. The molecule has 2 fully saturated rings. The highest BCUT2D eigenvalue weighted by atomic mass is 32.2. The fraction of sp³-hybridized carbons (Fsp3) is 0.643. The summed E-state index contributed by atoms with van der Waals surface area (Å²) in [5.41, 5.74) is 7.01. The zero-order valence-electron chi connectivity index (χ0n) is 12.5. The largest absolute Gasteiger partial charge is 0.383 e. The van der Waals surface area contributed by atoms with E-state index in [-0.39, 0.29) is 0 Å². The molecule has 6 nitrogen and oxygen atoms in total. The Morgan fingerprint density at radius 2 is 2.14 bits per heavy atom. The Hall–Kier alpha value is -1.34. The van der Waals surface area contributed by atoms with Gasteiger partial charge in [0.1, 0.15) is 18.0 Å². The Balaban J connectivity index is 1.63. The lowest BCUT2D eigenvalue weighted by atomic mass is 9.53. The van der Waals surface area contributed by atoms with Crippen LogP contribution >= 0.6 is 11.9 Å². The van der Waals surface area contributed by atoms with Crippen LogP contribution < -0.4 is 15.4 Å². The second kappa shape index (κ2) is 5.46. The van der Waals surface area contributed by atoms with Gasteiger partial charge in [-0.25, -0.2) is 9.97 Å². The van der Waals surface area contributed by atoms with E-state index >= 15 is 0 Å². The van der Waals surface area contributed by atoms with E-state index in [0.29, 0.717) is 22.8 Å². The first-order chi connectivity index (χ1) is 10.1. The molecule has 1 aromatic heterocycles. The van der Waals surface area contributed by atoms with E-state index in [9.17, 15) is 0 Å². The van der Waals surface area contributed by atoms with Gasteiger partial charge in [-0.2, -0.15) is 0 Å². The summed E-state index contributed by atoms with van der Waals surface area (Å²) in [6.07, 6.45) is 7.78. The first-order valence-corrected chi connectivity index (χ1v) is 8.13. The Morgan fingerprint density at radius 1 is 1.43 bits per heavy atom. The molecule has 21 heavy (non-hydrogen) atoms. The summed E-state index contributed by atoms with van der Waals surface area (Å²) >= 11 is 1.85. The summed E-state index contributed by atoms with van der Waals surface area (Å²) < 4.78 is 3.19. The topological polar surface area (TPSA) is 90.9 Å². The minimum atomic E-state index is 0.380. The molecule has 1 aromatic rings. The van der Waals surface area contributed by atoms with Crippen molar-refractivity contribution in [3.8, 4) is 0 Å². The van der Waals surface area contributed by atoms with E-state index in [0.717, 1.165) is 11.1 Å². The van der Waals surface area contributed by atoms with Gasteiger partial charge in [0.15, 0.2) is 0 Å². The lowest BCUT2D eigenvalue weighted by Crippen LogP contribution is -2.57. The second-order valence-corrected chi connectivity index (χ2v) is 7.48. The van der Waals surface area contributed by atoms with Gasteiger partial charge >= 0.3 is 0 Å². The molecule has 1 spiro atoms. The molecular weight excluding hydrogens is 284 g/mol. The molecule has 0 unspecified atom stereocenters. The fourth-order valence-corrected chi connectivity index (χ4v) is 4.90. The van der Waals surface area contributed by atoms with Crippen molar-refractivity contribution in [2.24, 2.45) is 5.41 Å². The van der Waals surface area contributed by atoms with Crippen molar-refractivity contribution in [3.05, 3.63) is 11.9 Å². The molecule has 114 valence electrons. The van der Waals surface area contributed by atoms with Crippen LogP contribution in [0.5, 0.6) is 0 Å². The van der Waals surface area contributed by atoms with Crippen LogP contribution in [0.25, 0.3) is 0 Å². The van der Waals surface area contributed by atoms with Crippen molar-refractivity contribution in [3.63, 3.8) is 0 Å². The minimum Gasteiger partial charge on any atom is -0.383 e. The van der Waals surface area contributed by atoms with Crippen molar-refractivity contribution < 1.29 is 0 Å². The third-order valence-electron chi connectivity index (χ3n) is 4.86. The van der Waals surface area contributed by atoms with E-state index < -0.39 is 0 Å². The van der Waals surface area contributed by atoms with E-state index in [4.69, 9.17) is 11.1 Å². The highest BCUT2D eigenvalue weighted by molar-refractivity contribution is 7.98. The van der Waals surface area contributed by atoms with Gasteiger partial charge in [-0.1, -0.05) is 11.9 Å². The molecule has 7 heteroatoms. The summed E-state index contributed by atoms with van der Waals surface area (Å²) in [5.74, 6) is 1.16. The standard InChI is InChI=1S/C14H22N6S/c1-17-21-10-5-14(6-10)3-9(4-14)20(2)13-11(7-15)12(16)18-8-19-13/h7-10,15,17H,3-6H2,1-2H3,(H2,16,18,19). The van der Waals surface area contributed by atoms with Crippen LogP contribution in [0, 0.1) is 10.8 Å². The lowest BCUT2D eigenvalue weighted by molar-refractivity contribution is 0.0162. The Morgan fingerprint density at radius 3 is 2.76 bits per heavy atom. The van der Waals surface area contributed by atoms with Gasteiger partial charge in [-0.05, 0) is 38.1 Å². The van der Waals surface area contributed by atoms with Gasteiger partial charge in [0.05, 0.1) is 5.56 Å². The van der Waals surface area contributed by atoms with Crippen LogP contribution in [-0.4, -0.2) is 41.6 Å². The molecule has 2 saturated carbocycles. The van der Waals surface area contributed by atoms with E-state index in [1.54, 1.807) is 0 Å². The van der Waals surface area contributed by atoms with E-state index in [1.165, 1.54) is 38.2 Å². The van der Waals surface area contributed by atoms with Crippen LogP contribution in [0.4, 0.5) is 11.6 Å². The smallest absolute Gasteiger partial charge is 0.142 e. The van der Waals surface area contributed by atoms with Gasteiger partial charge in [0, 0.05) is 24.6 Å². The van der Waals surface area contributed by atoms with E-state index in [1.807, 2.05) is 26.0 Å². The third kappa shape index (κ3) is 2.48. The zero-order valence-corrected chi connectivity index (χ0v) is 13.3. The average molecular weight is 306 g/mol. The number of nitrogens with two attached hydrogens (primary N) is 1. The molecule has 0 atom stereocenters. The fourth-order valence-electron chi connectivity index (χ4n) is 3.70. The summed E-state index contributed by atoms with van der Waals surface area (Å²) in [4.78, 5) is 10.4. The molecular formula is C14H22N6S. The van der Waals surface area contributed by atoms with E-state index in [2.05, 4.69) is 19.6 Å². The Labute approximate surface area is 129 Å². The van der Waals surface area contributed by atoms with Crippen molar-refractivity contribution in [1.82, 2.24) is 14.7 Å². The first-order valence-electron chi connectivity index (χ1n) is 7.25. The first kappa shape index (κ1) is 14.6. The second-order valence-electron chi connectivity index (χ2n) is 6.17. The van der Waals surface area contributed by atoms with Crippen LogP contribution in [0.1, 0.15) is 31.2 Å². The predicted molar refractivity (Wildman–Crippen MR) is 87.9 cm³/mol. The molecule has 0 amide bonds. The van der Waals surface area contributed by atoms with Crippen molar-refractivity contribution in [1.29, 1.82) is 5.41 Å². The van der Waals surface area contributed by atoms with Crippen LogP contribution in [-0.2, 0) is 0 Å². The highest BCUT2D eigenvalue weighted by Crippen LogP contribution is 2.60. The number of hydrogen-bond donors (Lipinski definition) is 3. The van der Waals surface area contributed by atoms with Gasteiger partial charge in [0.2, 0.25) is 0 Å². The molecule has 3 rings (SSSR count). The van der Waals surface area contributed by atoms with Crippen LogP contribution in [0.15, 0.2) is 6.33 Å². The number of nitrogens with one attached hydrogen (secondary N) is 2. The normalized spacial score (nSPS) is 30.6. The molecule has 0 radical (unpaired) electrons. The highest BCUT2D eigenvalue weighted by Gasteiger charge is 2.54. The molecule has 0 aromatic carbocycles. The monoisotopic (exact) mass is 306 g/mol. The molecule has 2 aliphatic rings. The maximum Gasteiger partial charge on any atom is 0.142 e. The number of anilines is 2. The van der Waals surface area contributed by atoms with Gasteiger partial charge in [0.25, 0.3) is 0 Å². The van der Waals surface area contributed by atoms with Gasteiger partial charge < -0.3 is 16.0 Å². The molecule has 1 heterocycles. The van der Waals surface area contributed by atoms with Gasteiger partial charge in [-0.3, -0.25) is 4.72 Å². The Bertz CT molecular complexity index is 534. The van der Waals surface area contributed by atoms with Crippen molar-refractivity contribution in [2.75, 3.05) is 24.7 Å². The van der Waals surface area contributed by atoms with Crippen LogP contribution in [0.2, 0.25) is 0 Å². The summed E-state index contributed by atoms with van der Waals surface area (Å²) in [6, 6.07) is 0.499. The minimum absolute atomic E-state index is 0.380. The van der Waals surface area contributed by atoms with Gasteiger partial charge in [-0.15, -0.1) is 0 Å². The molecule has 0 bridgehead atoms. The quantitative estimate of drug-likeness (QED) is 0.566. The number of hydrogen-bond acceptors (Lipinski definition) is 7. The lowest BCUT2D eigenvalue weighted by Gasteiger charge is -2.59. The molecule has 0 aliphatic heterocycles. The average Bonchev–Trinajstić information content (AvgIpc) is 2.39. The number of nitrogens with zero attached hydrogens (tertiary/aromatic N) is 3. The molecule has 0 saturated heterocycles. The summed E-state index contributed by atoms with van der Waals surface area (Å²) in [5, 5.41) is 8.28. The zero-order chi connectivity index (χ0) is 15.0. The summed E-state index contributed by atoms with van der Waals surface area (Å²) in [6.45, 7) is 0.